The molecule has 0 radical (unpaired) electrons. The first-order valence-electron chi connectivity index (χ1n) is 8.90. The molecule has 150 valence electrons. The summed E-state index contributed by atoms with van der Waals surface area (Å²) < 4.78 is 33.3. The Morgan fingerprint density at radius 1 is 1.10 bits per heavy atom. The molecule has 8 heteroatoms. The van der Waals surface area contributed by atoms with Crippen LogP contribution in [0.5, 0.6) is 5.75 Å². The first kappa shape index (κ1) is 19.3. The first-order valence-corrected chi connectivity index (χ1v) is 8.90. The number of benzene rings is 2. The predicted molar refractivity (Wildman–Crippen MR) is 106 cm³/mol. The lowest BCUT2D eigenvalue weighted by molar-refractivity contribution is 0.102. The highest BCUT2D eigenvalue weighted by molar-refractivity contribution is 6.05. The van der Waals surface area contributed by atoms with E-state index < -0.39 is 17.5 Å². The number of phenolic OH excluding ortho intramolecular Hbond substituents is 1. The first-order chi connectivity index (χ1) is 14.4. The average Bonchev–Trinajstić information content (AvgIpc) is 2.72. The van der Waals surface area contributed by atoms with Crippen LogP contribution in [0, 0.1) is 18.6 Å². The molecule has 0 spiro atoms. The fourth-order valence-corrected chi connectivity index (χ4v) is 2.76. The summed E-state index contributed by atoms with van der Waals surface area (Å²) in [5, 5.41) is 12.8. The van der Waals surface area contributed by atoms with Crippen molar-refractivity contribution in [3.63, 3.8) is 0 Å². The van der Waals surface area contributed by atoms with Crippen LogP contribution in [0.2, 0.25) is 0 Å². The SMILES string of the molecule is Cc1ccc(NC(=O)c2cc3ccc(O)cc3oc2=Nc2cc(F)ccc2F)nc1. The number of pyridine rings is 1. The second-order valence-corrected chi connectivity index (χ2v) is 6.57. The van der Waals surface area contributed by atoms with Crippen molar-refractivity contribution >= 4 is 28.4 Å². The number of halogens is 2. The molecule has 4 aromatic rings. The number of aromatic nitrogens is 1. The Kier molecular flexibility index (Phi) is 4.97. The number of nitrogens with one attached hydrogen (secondary N) is 1. The largest absolute Gasteiger partial charge is 0.508 e. The lowest BCUT2D eigenvalue weighted by Gasteiger charge is -2.07. The average molecular weight is 407 g/mol. The van der Waals surface area contributed by atoms with E-state index in [1.807, 2.05) is 6.92 Å². The van der Waals surface area contributed by atoms with Gasteiger partial charge in [0.25, 0.3) is 5.91 Å². The molecule has 0 bridgehead atoms. The zero-order valence-electron chi connectivity index (χ0n) is 15.7. The molecule has 2 aromatic carbocycles. The summed E-state index contributed by atoms with van der Waals surface area (Å²) in [6.07, 6.45) is 1.59. The molecule has 30 heavy (non-hydrogen) atoms. The van der Waals surface area contributed by atoms with E-state index in [1.165, 1.54) is 18.2 Å². The summed E-state index contributed by atoms with van der Waals surface area (Å²) in [4.78, 5) is 21.0. The Labute approximate surface area is 169 Å². The van der Waals surface area contributed by atoms with Gasteiger partial charge in [-0.1, -0.05) is 6.07 Å². The zero-order chi connectivity index (χ0) is 21.3. The van der Waals surface area contributed by atoms with Gasteiger partial charge in [-0.05, 0) is 48.9 Å². The topological polar surface area (TPSA) is 87.7 Å². The van der Waals surface area contributed by atoms with Gasteiger partial charge in [0, 0.05) is 23.7 Å². The summed E-state index contributed by atoms with van der Waals surface area (Å²) in [6, 6.07) is 12.0. The Morgan fingerprint density at radius 2 is 1.93 bits per heavy atom. The Morgan fingerprint density at radius 3 is 2.70 bits per heavy atom. The van der Waals surface area contributed by atoms with Crippen molar-refractivity contribution in [1.29, 1.82) is 0 Å². The van der Waals surface area contributed by atoms with E-state index in [0.29, 0.717) is 11.2 Å². The number of carbonyl (C=O) groups excluding carboxylic acids is 1. The van der Waals surface area contributed by atoms with Gasteiger partial charge in [-0.15, -0.1) is 0 Å². The third kappa shape index (κ3) is 4.02. The minimum Gasteiger partial charge on any atom is -0.508 e. The molecule has 0 fully saturated rings. The number of nitrogens with zero attached hydrogens (tertiary/aromatic N) is 2. The van der Waals surface area contributed by atoms with Crippen LogP contribution in [0.25, 0.3) is 11.0 Å². The number of rotatable bonds is 3. The van der Waals surface area contributed by atoms with E-state index in [-0.39, 0.29) is 28.1 Å². The standard InChI is InChI=1S/C22H15F2N3O3/c1-12-2-7-20(25-11-12)27-21(29)16-8-13-3-5-15(28)10-19(13)30-22(16)26-18-9-14(23)4-6-17(18)24/h2-11,28H,1H3,(H,25,27,29). The highest BCUT2D eigenvalue weighted by atomic mass is 19.1. The maximum Gasteiger partial charge on any atom is 0.262 e. The summed E-state index contributed by atoms with van der Waals surface area (Å²) in [5.74, 6) is -1.83. The summed E-state index contributed by atoms with van der Waals surface area (Å²) in [7, 11) is 0. The van der Waals surface area contributed by atoms with Crippen LogP contribution in [-0.2, 0) is 0 Å². The molecule has 0 aliphatic carbocycles. The van der Waals surface area contributed by atoms with E-state index in [1.54, 1.807) is 24.4 Å². The molecule has 0 aliphatic rings. The molecule has 0 saturated heterocycles. The highest BCUT2D eigenvalue weighted by Gasteiger charge is 2.15. The lowest BCUT2D eigenvalue weighted by atomic mass is 10.1. The van der Waals surface area contributed by atoms with Gasteiger partial charge in [0.05, 0.1) is 0 Å². The van der Waals surface area contributed by atoms with Crippen LogP contribution in [0.15, 0.2) is 70.2 Å². The molecule has 1 amide bonds. The van der Waals surface area contributed by atoms with Crippen molar-refractivity contribution < 1.29 is 23.1 Å². The van der Waals surface area contributed by atoms with Crippen molar-refractivity contribution in [1.82, 2.24) is 4.98 Å². The van der Waals surface area contributed by atoms with Crippen molar-refractivity contribution in [3.8, 4) is 5.75 Å². The highest BCUT2D eigenvalue weighted by Crippen LogP contribution is 2.22. The summed E-state index contributed by atoms with van der Waals surface area (Å²) >= 11 is 0. The number of anilines is 1. The maximum absolute atomic E-state index is 14.1. The molecule has 6 nitrogen and oxygen atoms in total. The minimum absolute atomic E-state index is 0.0146. The van der Waals surface area contributed by atoms with E-state index in [2.05, 4.69) is 15.3 Å². The molecular formula is C22H15F2N3O3. The number of amides is 1. The van der Waals surface area contributed by atoms with Crippen molar-refractivity contribution in [2.45, 2.75) is 6.92 Å². The third-order valence-electron chi connectivity index (χ3n) is 4.26. The van der Waals surface area contributed by atoms with Gasteiger partial charge in [-0.2, -0.15) is 0 Å². The molecule has 2 N–H and O–H groups in total. The molecular weight excluding hydrogens is 392 g/mol. The van der Waals surface area contributed by atoms with Gasteiger partial charge in [0.2, 0.25) is 5.55 Å². The number of phenols is 1. The number of hydrogen-bond acceptors (Lipinski definition) is 5. The van der Waals surface area contributed by atoms with Gasteiger partial charge >= 0.3 is 0 Å². The molecule has 0 unspecified atom stereocenters. The van der Waals surface area contributed by atoms with Crippen molar-refractivity contribution in [2.75, 3.05) is 5.32 Å². The number of carbonyl (C=O) groups is 1. The summed E-state index contributed by atoms with van der Waals surface area (Å²) in [5.41, 5.74) is 0.545. The Bertz CT molecular complexity index is 1330. The minimum atomic E-state index is -0.783. The molecule has 0 aliphatic heterocycles. The molecule has 2 aromatic heterocycles. The quantitative estimate of drug-likeness (QED) is 0.519. The number of aromatic hydroxyl groups is 1. The van der Waals surface area contributed by atoms with Crippen LogP contribution in [0.4, 0.5) is 20.3 Å². The third-order valence-corrected chi connectivity index (χ3v) is 4.26. The second kappa shape index (κ2) is 7.75. The Balaban J connectivity index is 1.88. The Hall–Kier alpha value is -4.07. The molecule has 4 rings (SSSR count). The van der Waals surface area contributed by atoms with Crippen LogP contribution in [0.3, 0.4) is 0 Å². The van der Waals surface area contributed by atoms with Gasteiger partial charge in [-0.3, -0.25) is 4.79 Å². The lowest BCUT2D eigenvalue weighted by Crippen LogP contribution is -2.22. The van der Waals surface area contributed by atoms with E-state index in [9.17, 15) is 18.7 Å². The van der Waals surface area contributed by atoms with Crippen molar-refractivity contribution in [2.24, 2.45) is 4.99 Å². The van der Waals surface area contributed by atoms with E-state index in [0.717, 1.165) is 23.8 Å². The van der Waals surface area contributed by atoms with E-state index >= 15 is 0 Å². The second-order valence-electron chi connectivity index (χ2n) is 6.57. The van der Waals surface area contributed by atoms with Crippen molar-refractivity contribution in [3.05, 3.63) is 89.1 Å². The van der Waals surface area contributed by atoms with Gasteiger partial charge in [-0.25, -0.2) is 18.8 Å². The van der Waals surface area contributed by atoms with Crippen LogP contribution in [-0.4, -0.2) is 16.0 Å². The molecule has 0 atom stereocenters. The van der Waals surface area contributed by atoms with Crippen LogP contribution >= 0.6 is 0 Å². The van der Waals surface area contributed by atoms with Gasteiger partial charge in [0.15, 0.2) is 0 Å². The number of fused-ring (bicyclic) bond motifs is 1. The van der Waals surface area contributed by atoms with Crippen LogP contribution in [0.1, 0.15) is 15.9 Å². The zero-order valence-corrected chi connectivity index (χ0v) is 15.7. The van der Waals surface area contributed by atoms with E-state index in [4.69, 9.17) is 4.42 Å². The fraction of sp³-hybridized carbons (Fsp3) is 0.0455. The normalized spacial score (nSPS) is 11.6. The summed E-state index contributed by atoms with van der Waals surface area (Å²) in [6.45, 7) is 1.86. The monoisotopic (exact) mass is 407 g/mol. The maximum atomic E-state index is 14.1. The molecule has 0 saturated carbocycles. The fourth-order valence-electron chi connectivity index (χ4n) is 2.76. The number of hydrogen-bond donors (Lipinski definition) is 2. The smallest absolute Gasteiger partial charge is 0.262 e. The van der Waals surface area contributed by atoms with Gasteiger partial charge in [0.1, 0.15) is 40.0 Å². The molecule has 2 heterocycles. The van der Waals surface area contributed by atoms with Gasteiger partial charge < -0.3 is 14.8 Å². The number of aryl methyl sites for hydroxylation is 1. The predicted octanol–water partition coefficient (Wildman–Crippen LogP) is 4.60. The van der Waals surface area contributed by atoms with Crippen LogP contribution < -0.4 is 10.9 Å².